The molecule has 0 aliphatic rings. The molecule has 0 spiro atoms. The van der Waals surface area contributed by atoms with Gasteiger partial charge in [0.2, 0.25) is 0 Å². The van der Waals surface area contributed by atoms with Crippen LogP contribution in [-0.2, 0) is 0 Å². The van der Waals surface area contributed by atoms with E-state index in [1.807, 2.05) is 0 Å². The molecule has 0 saturated heterocycles. The number of allylic oxidation sites excluding steroid dienone is 4. The first kappa shape index (κ1) is 24.4. The first-order valence-electron chi connectivity index (χ1n) is 11.1. The molecule has 25 heavy (non-hydrogen) atoms. The van der Waals surface area contributed by atoms with Gasteiger partial charge in [-0.3, -0.25) is 0 Å². The Labute approximate surface area is 158 Å². The van der Waals surface area contributed by atoms with Crippen LogP contribution in [-0.4, -0.2) is 19.6 Å². The highest BCUT2D eigenvalue weighted by Gasteiger charge is 1.92. The fourth-order valence-electron chi connectivity index (χ4n) is 2.93. The van der Waals surface area contributed by atoms with Crippen molar-refractivity contribution in [2.45, 2.75) is 103 Å². The topological polar surface area (TPSA) is 38.0 Å². The molecular weight excluding hydrogens is 304 g/mol. The van der Waals surface area contributed by atoms with Crippen LogP contribution in [0.2, 0.25) is 0 Å². The Morgan fingerprint density at radius 1 is 0.600 bits per heavy atom. The zero-order chi connectivity index (χ0) is 18.3. The summed E-state index contributed by atoms with van der Waals surface area (Å²) >= 11 is 0. The van der Waals surface area contributed by atoms with E-state index in [1.165, 1.54) is 103 Å². The number of hydrogen-bond acceptors (Lipinski definition) is 2. The average molecular weight is 351 g/mol. The zero-order valence-electron chi connectivity index (χ0n) is 17.1. The maximum absolute atomic E-state index is 5.49. The van der Waals surface area contributed by atoms with Crippen LogP contribution in [0.4, 0.5) is 0 Å². The molecule has 0 atom stereocenters. The molecule has 0 bridgehead atoms. The lowest BCUT2D eigenvalue weighted by Gasteiger charge is -2.04. The number of hydrogen-bond donors (Lipinski definition) is 2. The molecule has 0 aromatic heterocycles. The molecular formula is C23H46N2. The molecule has 0 amide bonds. The zero-order valence-corrected chi connectivity index (χ0v) is 17.1. The molecule has 0 rings (SSSR count). The van der Waals surface area contributed by atoms with E-state index in [4.69, 9.17) is 5.73 Å². The summed E-state index contributed by atoms with van der Waals surface area (Å²) < 4.78 is 0. The normalized spacial score (nSPS) is 11.9. The van der Waals surface area contributed by atoms with Gasteiger partial charge in [0.1, 0.15) is 0 Å². The van der Waals surface area contributed by atoms with Crippen molar-refractivity contribution >= 4 is 0 Å². The molecule has 148 valence electrons. The second-order valence-corrected chi connectivity index (χ2v) is 7.18. The third-order valence-corrected chi connectivity index (χ3v) is 4.61. The minimum absolute atomic E-state index is 0.839. The molecule has 2 heteroatoms. The highest BCUT2D eigenvalue weighted by Crippen LogP contribution is 2.08. The molecule has 0 unspecified atom stereocenters. The predicted octanol–water partition coefficient (Wildman–Crippen LogP) is 6.52. The molecule has 0 aliphatic heterocycles. The van der Waals surface area contributed by atoms with E-state index in [0.29, 0.717) is 0 Å². The van der Waals surface area contributed by atoms with Crippen molar-refractivity contribution in [3.8, 4) is 0 Å². The van der Waals surface area contributed by atoms with Crippen molar-refractivity contribution in [1.29, 1.82) is 0 Å². The van der Waals surface area contributed by atoms with E-state index in [0.717, 1.165) is 13.0 Å². The van der Waals surface area contributed by atoms with Crippen LogP contribution in [0.3, 0.4) is 0 Å². The van der Waals surface area contributed by atoms with Gasteiger partial charge < -0.3 is 11.1 Å². The molecule has 0 saturated carbocycles. The first-order valence-corrected chi connectivity index (χ1v) is 11.1. The van der Waals surface area contributed by atoms with Crippen LogP contribution in [0.15, 0.2) is 24.3 Å². The standard InChI is InChI=1S/C23H46N2/c1-2-3-4-5-6-7-8-9-10-11-12-13-14-15-16-19-22-25-23-20-17-18-21-24/h6-7,9-10,25H,2-5,8,11-24H2,1H3/b7-6-,10-9-. The fourth-order valence-corrected chi connectivity index (χ4v) is 2.93. The van der Waals surface area contributed by atoms with E-state index in [1.54, 1.807) is 0 Å². The van der Waals surface area contributed by atoms with Gasteiger partial charge in [-0.1, -0.05) is 76.2 Å². The Bertz CT molecular complexity index is 284. The van der Waals surface area contributed by atoms with Gasteiger partial charge in [-0.25, -0.2) is 0 Å². The lowest BCUT2D eigenvalue weighted by atomic mass is 10.1. The smallest absolute Gasteiger partial charge is 0.00489 e. The molecule has 0 heterocycles. The average Bonchev–Trinajstić information content (AvgIpc) is 2.63. The predicted molar refractivity (Wildman–Crippen MR) is 115 cm³/mol. The summed E-state index contributed by atoms with van der Waals surface area (Å²) in [5.74, 6) is 0. The van der Waals surface area contributed by atoms with Crippen molar-refractivity contribution in [3.63, 3.8) is 0 Å². The van der Waals surface area contributed by atoms with Gasteiger partial charge in [0.25, 0.3) is 0 Å². The summed E-state index contributed by atoms with van der Waals surface area (Å²) in [6.07, 6.45) is 29.0. The number of nitrogens with two attached hydrogens (primary N) is 1. The molecule has 0 radical (unpaired) electrons. The molecule has 0 fully saturated rings. The van der Waals surface area contributed by atoms with Crippen LogP contribution in [0.1, 0.15) is 103 Å². The molecule has 0 aromatic rings. The fraction of sp³-hybridized carbons (Fsp3) is 0.826. The molecule has 0 aromatic carbocycles. The van der Waals surface area contributed by atoms with Crippen molar-refractivity contribution in [2.24, 2.45) is 5.73 Å². The van der Waals surface area contributed by atoms with Crippen molar-refractivity contribution < 1.29 is 0 Å². The number of unbranched alkanes of at least 4 members (excludes halogenated alkanes) is 11. The Balaban J connectivity index is 3.10. The van der Waals surface area contributed by atoms with Crippen molar-refractivity contribution in [3.05, 3.63) is 24.3 Å². The van der Waals surface area contributed by atoms with E-state index in [2.05, 4.69) is 36.5 Å². The highest BCUT2D eigenvalue weighted by atomic mass is 14.8. The lowest BCUT2D eigenvalue weighted by molar-refractivity contribution is 0.551. The molecule has 2 nitrogen and oxygen atoms in total. The minimum Gasteiger partial charge on any atom is -0.330 e. The number of nitrogens with one attached hydrogen (secondary N) is 1. The minimum atomic E-state index is 0.839. The third-order valence-electron chi connectivity index (χ3n) is 4.61. The van der Waals surface area contributed by atoms with E-state index in [-0.39, 0.29) is 0 Å². The van der Waals surface area contributed by atoms with Crippen LogP contribution < -0.4 is 11.1 Å². The van der Waals surface area contributed by atoms with E-state index >= 15 is 0 Å². The summed E-state index contributed by atoms with van der Waals surface area (Å²) in [6, 6.07) is 0. The van der Waals surface area contributed by atoms with Gasteiger partial charge in [-0.2, -0.15) is 0 Å². The van der Waals surface area contributed by atoms with Gasteiger partial charge in [0.15, 0.2) is 0 Å². The molecule has 0 aliphatic carbocycles. The summed E-state index contributed by atoms with van der Waals surface area (Å²) in [5.41, 5.74) is 5.49. The van der Waals surface area contributed by atoms with Crippen LogP contribution in [0.5, 0.6) is 0 Å². The Morgan fingerprint density at radius 2 is 1.12 bits per heavy atom. The van der Waals surface area contributed by atoms with E-state index in [9.17, 15) is 0 Å². The van der Waals surface area contributed by atoms with Crippen molar-refractivity contribution in [1.82, 2.24) is 5.32 Å². The van der Waals surface area contributed by atoms with Gasteiger partial charge in [-0.15, -0.1) is 0 Å². The van der Waals surface area contributed by atoms with Crippen LogP contribution >= 0.6 is 0 Å². The monoisotopic (exact) mass is 350 g/mol. The van der Waals surface area contributed by atoms with Crippen molar-refractivity contribution in [2.75, 3.05) is 19.6 Å². The maximum atomic E-state index is 5.49. The van der Waals surface area contributed by atoms with Gasteiger partial charge in [-0.05, 0) is 71.0 Å². The number of rotatable bonds is 20. The Kier molecular flexibility index (Phi) is 22.8. The second-order valence-electron chi connectivity index (χ2n) is 7.18. The highest BCUT2D eigenvalue weighted by molar-refractivity contribution is 4.92. The SMILES string of the molecule is CCCCC/C=C\C/C=C\CCCCCCCCNCCCCCN. The third kappa shape index (κ3) is 23.4. The largest absolute Gasteiger partial charge is 0.330 e. The first-order chi connectivity index (χ1) is 12.4. The van der Waals surface area contributed by atoms with E-state index < -0.39 is 0 Å². The van der Waals surface area contributed by atoms with Gasteiger partial charge >= 0.3 is 0 Å². The van der Waals surface area contributed by atoms with Gasteiger partial charge in [0.05, 0.1) is 0 Å². The van der Waals surface area contributed by atoms with Crippen LogP contribution in [0, 0.1) is 0 Å². The Morgan fingerprint density at radius 3 is 1.72 bits per heavy atom. The summed E-state index contributed by atoms with van der Waals surface area (Å²) in [6.45, 7) is 5.46. The van der Waals surface area contributed by atoms with Crippen LogP contribution in [0.25, 0.3) is 0 Å². The Hall–Kier alpha value is -0.600. The summed E-state index contributed by atoms with van der Waals surface area (Å²) in [4.78, 5) is 0. The second kappa shape index (κ2) is 23.4. The summed E-state index contributed by atoms with van der Waals surface area (Å²) in [5, 5.41) is 3.54. The van der Waals surface area contributed by atoms with Gasteiger partial charge in [0, 0.05) is 0 Å². The maximum Gasteiger partial charge on any atom is -0.00489 e. The quantitative estimate of drug-likeness (QED) is 0.194. The molecule has 3 N–H and O–H groups in total. The lowest BCUT2D eigenvalue weighted by Crippen LogP contribution is -2.16. The summed E-state index contributed by atoms with van der Waals surface area (Å²) in [7, 11) is 0.